The third-order valence-corrected chi connectivity index (χ3v) is 4.94. The number of benzene rings is 2. The van der Waals surface area contributed by atoms with Crippen LogP contribution in [-0.2, 0) is 4.79 Å². The van der Waals surface area contributed by atoms with Crippen molar-refractivity contribution in [3.8, 4) is 11.5 Å². The smallest absolute Gasteiger partial charge is 0.253 e. The SMILES string of the molecule is CCCN(CCC)C(=O)c1ccc(NC(=S)NC(=O)/C=C/c2ccc(OC)c(OC)c2)cc1. The minimum Gasteiger partial charge on any atom is -0.493 e. The first kappa shape index (κ1) is 25.9. The highest BCUT2D eigenvalue weighted by atomic mass is 32.1. The van der Waals surface area contributed by atoms with Gasteiger partial charge in [-0.1, -0.05) is 19.9 Å². The molecular formula is C25H31N3O4S. The predicted molar refractivity (Wildman–Crippen MR) is 136 cm³/mol. The molecule has 2 rings (SSSR count). The largest absolute Gasteiger partial charge is 0.493 e. The molecule has 2 N–H and O–H groups in total. The Morgan fingerprint density at radius 1 is 0.970 bits per heavy atom. The quantitative estimate of drug-likeness (QED) is 0.394. The van der Waals surface area contributed by atoms with Gasteiger partial charge in [0, 0.05) is 30.4 Å². The van der Waals surface area contributed by atoms with Crippen molar-refractivity contribution in [1.29, 1.82) is 0 Å². The van der Waals surface area contributed by atoms with Gasteiger partial charge in [0.05, 0.1) is 14.2 Å². The summed E-state index contributed by atoms with van der Waals surface area (Å²) in [5, 5.41) is 5.72. The Balaban J connectivity index is 1.93. The molecule has 0 atom stereocenters. The number of nitrogens with one attached hydrogen (secondary N) is 2. The molecule has 0 saturated heterocycles. The van der Waals surface area contributed by atoms with E-state index in [0.29, 0.717) is 22.7 Å². The van der Waals surface area contributed by atoms with Crippen molar-refractivity contribution in [3.05, 3.63) is 59.7 Å². The standard InChI is InChI=1S/C25H31N3O4S/c1-5-15-28(16-6-2)24(30)19-9-11-20(12-10-19)26-25(33)27-23(29)14-8-18-7-13-21(31-3)22(17-18)32-4/h7-14,17H,5-6,15-16H2,1-4H3,(H2,26,27,29,33)/b14-8+. The molecule has 0 aromatic heterocycles. The summed E-state index contributed by atoms with van der Waals surface area (Å²) >= 11 is 5.22. The summed E-state index contributed by atoms with van der Waals surface area (Å²) < 4.78 is 10.5. The Kier molecular flexibility index (Phi) is 10.4. The van der Waals surface area contributed by atoms with Gasteiger partial charge in [-0.05, 0) is 73.1 Å². The van der Waals surface area contributed by atoms with Crippen molar-refractivity contribution >= 4 is 40.9 Å². The molecule has 2 aromatic rings. The van der Waals surface area contributed by atoms with E-state index >= 15 is 0 Å². The average Bonchev–Trinajstić information content (AvgIpc) is 2.82. The van der Waals surface area contributed by atoms with Crippen molar-refractivity contribution in [3.63, 3.8) is 0 Å². The van der Waals surface area contributed by atoms with Gasteiger partial charge in [0.2, 0.25) is 5.91 Å². The zero-order chi connectivity index (χ0) is 24.2. The summed E-state index contributed by atoms with van der Waals surface area (Å²) in [5.41, 5.74) is 2.08. The van der Waals surface area contributed by atoms with Gasteiger partial charge in [-0.3, -0.25) is 14.9 Å². The number of anilines is 1. The summed E-state index contributed by atoms with van der Waals surface area (Å²) in [6.45, 7) is 5.59. The van der Waals surface area contributed by atoms with Crippen molar-refractivity contribution in [1.82, 2.24) is 10.2 Å². The highest BCUT2D eigenvalue weighted by molar-refractivity contribution is 7.80. The van der Waals surface area contributed by atoms with Crippen LogP contribution in [0, 0.1) is 0 Å². The second-order valence-electron chi connectivity index (χ2n) is 7.26. The molecule has 33 heavy (non-hydrogen) atoms. The van der Waals surface area contributed by atoms with Crippen molar-refractivity contribution in [2.45, 2.75) is 26.7 Å². The van der Waals surface area contributed by atoms with Crippen LogP contribution in [0.3, 0.4) is 0 Å². The Morgan fingerprint density at radius 2 is 1.61 bits per heavy atom. The van der Waals surface area contributed by atoms with Gasteiger partial charge in [0.1, 0.15) is 0 Å². The maximum absolute atomic E-state index is 12.7. The van der Waals surface area contributed by atoms with Crippen molar-refractivity contribution < 1.29 is 19.1 Å². The second kappa shape index (κ2) is 13.2. The first-order valence-corrected chi connectivity index (χ1v) is 11.2. The van der Waals surface area contributed by atoms with E-state index in [-0.39, 0.29) is 16.9 Å². The molecule has 0 bridgehead atoms. The Morgan fingerprint density at radius 3 is 2.18 bits per heavy atom. The lowest BCUT2D eigenvalue weighted by Gasteiger charge is -2.21. The van der Waals surface area contributed by atoms with E-state index in [0.717, 1.165) is 31.5 Å². The van der Waals surface area contributed by atoms with Crippen LogP contribution in [0.1, 0.15) is 42.6 Å². The Labute approximate surface area is 200 Å². The van der Waals surface area contributed by atoms with E-state index in [9.17, 15) is 9.59 Å². The molecule has 0 radical (unpaired) electrons. The number of carbonyl (C=O) groups is 2. The van der Waals surface area contributed by atoms with E-state index < -0.39 is 0 Å². The topological polar surface area (TPSA) is 79.9 Å². The number of hydrogen-bond donors (Lipinski definition) is 2. The number of carbonyl (C=O) groups excluding carboxylic acids is 2. The number of thiocarbonyl (C=S) groups is 1. The molecule has 2 amide bonds. The molecule has 0 fully saturated rings. The van der Waals surface area contributed by atoms with Crippen molar-refractivity contribution in [2.24, 2.45) is 0 Å². The minimum absolute atomic E-state index is 0.0152. The number of nitrogens with zero attached hydrogens (tertiary/aromatic N) is 1. The van der Waals surface area contributed by atoms with Crippen LogP contribution >= 0.6 is 12.2 Å². The monoisotopic (exact) mass is 469 g/mol. The maximum atomic E-state index is 12.7. The third-order valence-electron chi connectivity index (χ3n) is 4.74. The highest BCUT2D eigenvalue weighted by Crippen LogP contribution is 2.27. The van der Waals surface area contributed by atoms with Gasteiger partial charge in [-0.2, -0.15) is 0 Å². The normalized spacial score (nSPS) is 10.5. The van der Waals surface area contributed by atoms with Gasteiger partial charge in [-0.15, -0.1) is 0 Å². The molecule has 2 aromatic carbocycles. The van der Waals surface area contributed by atoms with Crippen LogP contribution < -0.4 is 20.1 Å². The second-order valence-corrected chi connectivity index (χ2v) is 7.67. The Bertz CT molecular complexity index is 984. The molecule has 8 heteroatoms. The molecule has 7 nitrogen and oxygen atoms in total. The number of methoxy groups -OCH3 is 2. The van der Waals surface area contributed by atoms with Crippen LogP contribution in [0.25, 0.3) is 6.08 Å². The van der Waals surface area contributed by atoms with Gasteiger partial charge in [0.25, 0.3) is 5.91 Å². The molecule has 0 spiro atoms. The van der Waals surface area contributed by atoms with Crippen LogP contribution in [0.15, 0.2) is 48.5 Å². The number of ether oxygens (including phenoxy) is 2. The summed E-state index contributed by atoms with van der Waals surface area (Å²) in [6.07, 6.45) is 4.87. The van der Waals surface area contributed by atoms with E-state index in [1.165, 1.54) is 6.08 Å². The highest BCUT2D eigenvalue weighted by Gasteiger charge is 2.14. The molecule has 176 valence electrons. The lowest BCUT2D eigenvalue weighted by molar-refractivity contribution is -0.115. The predicted octanol–water partition coefficient (Wildman–Crippen LogP) is 4.49. The molecule has 0 unspecified atom stereocenters. The molecular weight excluding hydrogens is 438 g/mol. The fourth-order valence-electron chi connectivity index (χ4n) is 3.18. The average molecular weight is 470 g/mol. The van der Waals surface area contributed by atoms with E-state index in [1.807, 2.05) is 11.0 Å². The summed E-state index contributed by atoms with van der Waals surface area (Å²) in [4.78, 5) is 26.7. The van der Waals surface area contributed by atoms with Gasteiger partial charge in [0.15, 0.2) is 16.6 Å². The van der Waals surface area contributed by atoms with Gasteiger partial charge < -0.3 is 19.7 Å². The first-order chi connectivity index (χ1) is 15.9. The fourth-order valence-corrected chi connectivity index (χ4v) is 3.40. The number of amides is 2. The van der Waals surface area contributed by atoms with E-state index in [4.69, 9.17) is 21.7 Å². The summed E-state index contributed by atoms with van der Waals surface area (Å²) in [5.74, 6) is 0.831. The van der Waals surface area contributed by atoms with E-state index in [1.54, 1.807) is 56.7 Å². The summed E-state index contributed by atoms with van der Waals surface area (Å²) in [7, 11) is 3.12. The maximum Gasteiger partial charge on any atom is 0.253 e. The molecule has 0 heterocycles. The zero-order valence-corrected chi connectivity index (χ0v) is 20.3. The molecule has 0 aliphatic heterocycles. The van der Waals surface area contributed by atoms with Gasteiger partial charge in [-0.25, -0.2) is 0 Å². The zero-order valence-electron chi connectivity index (χ0n) is 19.5. The molecule has 0 aliphatic carbocycles. The van der Waals surface area contributed by atoms with Crippen LogP contribution in [-0.4, -0.2) is 49.1 Å². The lowest BCUT2D eigenvalue weighted by Crippen LogP contribution is -2.33. The summed E-state index contributed by atoms with van der Waals surface area (Å²) in [6, 6.07) is 12.4. The Hall–Kier alpha value is -3.39. The van der Waals surface area contributed by atoms with Crippen molar-refractivity contribution in [2.75, 3.05) is 32.6 Å². The number of hydrogen-bond acceptors (Lipinski definition) is 5. The number of rotatable bonds is 10. The molecule has 0 saturated carbocycles. The minimum atomic E-state index is -0.371. The first-order valence-electron chi connectivity index (χ1n) is 10.8. The van der Waals surface area contributed by atoms with Crippen LogP contribution in [0.5, 0.6) is 11.5 Å². The third kappa shape index (κ3) is 7.91. The molecule has 0 aliphatic rings. The van der Waals surface area contributed by atoms with Crippen LogP contribution in [0.2, 0.25) is 0 Å². The fraction of sp³-hybridized carbons (Fsp3) is 0.320. The van der Waals surface area contributed by atoms with Gasteiger partial charge >= 0.3 is 0 Å². The van der Waals surface area contributed by atoms with Crippen LogP contribution in [0.4, 0.5) is 5.69 Å². The van der Waals surface area contributed by atoms with E-state index in [2.05, 4.69) is 24.5 Å². The lowest BCUT2D eigenvalue weighted by atomic mass is 10.1.